The Kier molecular flexibility index (Phi) is 4.33. The monoisotopic (exact) mass is 342 g/mol. The lowest BCUT2D eigenvalue weighted by Gasteiger charge is -2.31. The molecule has 134 valence electrons. The van der Waals surface area contributed by atoms with Crippen molar-refractivity contribution in [1.82, 2.24) is 19.4 Å². The molecule has 1 saturated heterocycles. The molecule has 4 heterocycles. The predicted molar refractivity (Wildman–Crippen MR) is 96.7 cm³/mol. The molecule has 0 aromatic carbocycles. The van der Waals surface area contributed by atoms with E-state index in [4.69, 9.17) is 4.74 Å². The van der Waals surface area contributed by atoms with Crippen molar-refractivity contribution in [1.29, 1.82) is 0 Å². The van der Waals surface area contributed by atoms with Crippen LogP contribution in [-0.4, -0.2) is 44.7 Å². The Labute approximate surface area is 147 Å². The highest BCUT2D eigenvalue weighted by Crippen LogP contribution is 2.27. The van der Waals surface area contributed by atoms with Gasteiger partial charge in [0.15, 0.2) is 5.65 Å². The van der Waals surface area contributed by atoms with E-state index in [1.54, 1.807) is 10.9 Å². The summed E-state index contributed by atoms with van der Waals surface area (Å²) in [4.78, 5) is 24.4. The summed E-state index contributed by atoms with van der Waals surface area (Å²) in [6.45, 7) is 8.50. The minimum atomic E-state index is -0.211. The molecule has 0 bridgehead atoms. The molecule has 0 N–H and O–H groups in total. The number of rotatable bonds is 3. The summed E-state index contributed by atoms with van der Waals surface area (Å²) in [5, 5.41) is 0.600. The van der Waals surface area contributed by atoms with E-state index in [2.05, 4.69) is 28.7 Å². The summed E-state index contributed by atoms with van der Waals surface area (Å²) in [7, 11) is 0. The van der Waals surface area contributed by atoms with Crippen LogP contribution in [0.1, 0.15) is 44.4 Å². The van der Waals surface area contributed by atoms with E-state index in [0.717, 1.165) is 37.3 Å². The van der Waals surface area contributed by atoms with Gasteiger partial charge in [-0.3, -0.25) is 9.36 Å². The van der Waals surface area contributed by atoms with Gasteiger partial charge in [-0.2, -0.15) is 0 Å². The van der Waals surface area contributed by atoms with Crippen molar-refractivity contribution in [2.45, 2.75) is 58.3 Å². The molecule has 4 rings (SSSR count). The van der Waals surface area contributed by atoms with Gasteiger partial charge in [0.1, 0.15) is 6.33 Å². The first-order valence-electron chi connectivity index (χ1n) is 9.26. The molecule has 2 aliphatic rings. The Morgan fingerprint density at radius 3 is 2.80 bits per heavy atom. The molecular formula is C19H26N4O2. The average molecular weight is 342 g/mol. The lowest BCUT2D eigenvalue weighted by atomic mass is 9.95. The first-order chi connectivity index (χ1) is 12.0. The van der Waals surface area contributed by atoms with Crippen LogP contribution >= 0.6 is 0 Å². The molecule has 2 aliphatic heterocycles. The molecule has 0 aliphatic carbocycles. The Balaban J connectivity index is 1.60. The molecule has 0 unspecified atom stereocenters. The molecule has 0 atom stereocenters. The zero-order valence-corrected chi connectivity index (χ0v) is 15.1. The third-order valence-corrected chi connectivity index (χ3v) is 5.30. The fraction of sp³-hybridized carbons (Fsp3) is 0.632. The van der Waals surface area contributed by atoms with E-state index in [1.165, 1.54) is 19.3 Å². The maximum atomic E-state index is 12.8. The number of aromatic nitrogens is 3. The minimum absolute atomic E-state index is 0.00198. The Bertz CT molecular complexity index is 837. The largest absolute Gasteiger partial charge is 0.370 e. The van der Waals surface area contributed by atoms with Crippen molar-refractivity contribution in [3.05, 3.63) is 34.0 Å². The van der Waals surface area contributed by atoms with Crippen molar-refractivity contribution in [2.24, 2.45) is 0 Å². The molecule has 2 aromatic rings. The number of likely N-dealkylation sites (tertiary alicyclic amines) is 1. The van der Waals surface area contributed by atoms with Crippen molar-refractivity contribution in [3.8, 4) is 0 Å². The molecule has 0 spiro atoms. The van der Waals surface area contributed by atoms with Gasteiger partial charge in [-0.05, 0) is 45.8 Å². The van der Waals surface area contributed by atoms with Crippen LogP contribution in [0.5, 0.6) is 0 Å². The summed E-state index contributed by atoms with van der Waals surface area (Å²) in [6, 6.07) is 1.93. The second kappa shape index (κ2) is 6.50. The third kappa shape index (κ3) is 3.46. The van der Waals surface area contributed by atoms with Gasteiger partial charge in [-0.25, -0.2) is 9.97 Å². The molecular weight excluding hydrogens is 316 g/mol. The van der Waals surface area contributed by atoms with Crippen molar-refractivity contribution < 1.29 is 4.74 Å². The molecule has 6 nitrogen and oxygen atoms in total. The highest BCUT2D eigenvalue weighted by molar-refractivity contribution is 5.74. The van der Waals surface area contributed by atoms with Crippen molar-refractivity contribution >= 4 is 11.0 Å². The Morgan fingerprint density at radius 2 is 2.00 bits per heavy atom. The number of pyridine rings is 1. The van der Waals surface area contributed by atoms with Crippen LogP contribution in [0.3, 0.4) is 0 Å². The number of piperidine rings is 1. The highest BCUT2D eigenvalue weighted by Gasteiger charge is 2.27. The SMILES string of the molecule is CC1(C)Cc2nc3ncn(CCN4CCCCC4)c(=O)c3cc2CO1. The standard InChI is InChI=1S/C19H26N4O2/c1-19(2)11-16-14(12-25-19)10-15-17(21-16)20-13-23(18(15)24)9-8-22-6-4-3-5-7-22/h10,13H,3-9,11-12H2,1-2H3. The van der Waals surface area contributed by atoms with Gasteiger partial charge in [0.25, 0.3) is 5.56 Å². The van der Waals surface area contributed by atoms with Gasteiger partial charge in [0.2, 0.25) is 0 Å². The van der Waals surface area contributed by atoms with Crippen LogP contribution in [0, 0.1) is 0 Å². The second-order valence-corrected chi connectivity index (χ2v) is 7.84. The van der Waals surface area contributed by atoms with Gasteiger partial charge in [0.05, 0.1) is 23.3 Å². The molecule has 25 heavy (non-hydrogen) atoms. The fourth-order valence-corrected chi connectivity index (χ4v) is 3.77. The quantitative estimate of drug-likeness (QED) is 0.855. The Morgan fingerprint density at radius 1 is 1.20 bits per heavy atom. The lowest BCUT2D eigenvalue weighted by molar-refractivity contribution is -0.0411. The summed E-state index contributed by atoms with van der Waals surface area (Å²) >= 11 is 0. The van der Waals surface area contributed by atoms with Crippen LogP contribution in [0.4, 0.5) is 0 Å². The van der Waals surface area contributed by atoms with E-state index < -0.39 is 0 Å². The number of hydrogen-bond donors (Lipinski definition) is 0. The van der Waals surface area contributed by atoms with Crippen LogP contribution in [0.2, 0.25) is 0 Å². The van der Waals surface area contributed by atoms with Gasteiger partial charge in [0, 0.05) is 25.1 Å². The van der Waals surface area contributed by atoms with E-state index in [1.807, 2.05) is 6.07 Å². The zero-order valence-electron chi connectivity index (χ0n) is 15.1. The normalized spacial score (nSPS) is 20.6. The van der Waals surface area contributed by atoms with Gasteiger partial charge in [-0.15, -0.1) is 0 Å². The van der Waals surface area contributed by atoms with Crippen LogP contribution in [0.25, 0.3) is 11.0 Å². The van der Waals surface area contributed by atoms with E-state index in [9.17, 15) is 4.79 Å². The lowest BCUT2D eigenvalue weighted by Crippen LogP contribution is -2.35. The smallest absolute Gasteiger partial charge is 0.262 e. The average Bonchev–Trinajstić information content (AvgIpc) is 2.60. The highest BCUT2D eigenvalue weighted by atomic mass is 16.5. The summed E-state index contributed by atoms with van der Waals surface area (Å²) in [5.74, 6) is 0. The van der Waals surface area contributed by atoms with Crippen LogP contribution in [-0.2, 0) is 24.3 Å². The zero-order chi connectivity index (χ0) is 17.4. The van der Waals surface area contributed by atoms with Gasteiger partial charge >= 0.3 is 0 Å². The molecule has 6 heteroatoms. The predicted octanol–water partition coefficient (Wildman–Crippen LogP) is 2.13. The summed E-state index contributed by atoms with van der Waals surface area (Å²) < 4.78 is 7.58. The first-order valence-corrected chi connectivity index (χ1v) is 9.26. The molecule has 0 amide bonds. The van der Waals surface area contributed by atoms with Crippen molar-refractivity contribution in [2.75, 3.05) is 19.6 Å². The summed E-state index contributed by atoms with van der Waals surface area (Å²) in [6.07, 6.45) is 6.24. The summed E-state index contributed by atoms with van der Waals surface area (Å²) in [5.41, 5.74) is 2.36. The van der Waals surface area contributed by atoms with Gasteiger partial charge < -0.3 is 9.64 Å². The maximum absolute atomic E-state index is 12.8. The van der Waals surface area contributed by atoms with Crippen LogP contribution < -0.4 is 5.56 Å². The first kappa shape index (κ1) is 16.7. The third-order valence-electron chi connectivity index (χ3n) is 5.30. The van der Waals surface area contributed by atoms with Gasteiger partial charge in [-0.1, -0.05) is 6.42 Å². The van der Waals surface area contributed by atoms with E-state index in [-0.39, 0.29) is 11.2 Å². The topological polar surface area (TPSA) is 60.2 Å². The molecule has 0 radical (unpaired) electrons. The number of nitrogens with zero attached hydrogens (tertiary/aromatic N) is 4. The number of fused-ring (bicyclic) bond motifs is 2. The van der Waals surface area contributed by atoms with E-state index in [0.29, 0.717) is 24.2 Å². The number of hydrogen-bond acceptors (Lipinski definition) is 5. The molecule has 0 saturated carbocycles. The van der Waals surface area contributed by atoms with Crippen LogP contribution in [0.15, 0.2) is 17.2 Å². The second-order valence-electron chi connectivity index (χ2n) is 7.84. The van der Waals surface area contributed by atoms with E-state index >= 15 is 0 Å². The van der Waals surface area contributed by atoms with Crippen molar-refractivity contribution in [3.63, 3.8) is 0 Å². The molecule has 2 aromatic heterocycles. The Hall–Kier alpha value is -1.79. The number of ether oxygens (including phenoxy) is 1. The maximum Gasteiger partial charge on any atom is 0.262 e. The molecule has 1 fully saturated rings. The fourth-order valence-electron chi connectivity index (χ4n) is 3.77. The minimum Gasteiger partial charge on any atom is -0.370 e.